The molecule has 1 heterocycles. The van der Waals surface area contributed by atoms with Crippen LogP contribution in [0.3, 0.4) is 0 Å². The predicted molar refractivity (Wildman–Crippen MR) is 81.3 cm³/mol. The number of hydrogen-bond donors (Lipinski definition) is 2. The van der Waals surface area contributed by atoms with Crippen molar-refractivity contribution in [3.8, 4) is 0 Å². The van der Waals surface area contributed by atoms with Crippen molar-refractivity contribution in [1.82, 2.24) is 20.2 Å². The Morgan fingerprint density at radius 2 is 2.15 bits per heavy atom. The van der Waals surface area contributed by atoms with Crippen LogP contribution in [0.4, 0.5) is 0 Å². The van der Waals surface area contributed by atoms with Crippen LogP contribution in [-0.2, 0) is 17.9 Å². The minimum Gasteiger partial charge on any atom is -0.352 e. The Balaban J connectivity index is 2.34. The van der Waals surface area contributed by atoms with E-state index in [1.165, 1.54) is 0 Å². The first-order valence-electron chi connectivity index (χ1n) is 7.52. The third kappa shape index (κ3) is 6.70. The third-order valence-corrected chi connectivity index (χ3v) is 3.00. The molecule has 0 aliphatic rings. The number of carbonyl (C=O) groups excluding carboxylic acids is 1. The molecule has 0 saturated carbocycles. The Morgan fingerprint density at radius 1 is 1.40 bits per heavy atom. The molecule has 0 fully saturated rings. The summed E-state index contributed by atoms with van der Waals surface area (Å²) in [5.41, 5.74) is 0.972. The molecule has 1 amide bonds. The summed E-state index contributed by atoms with van der Waals surface area (Å²) in [5.74, 6) is 0.674. The molecule has 1 aromatic rings. The maximum Gasteiger partial charge on any atom is 0.240 e. The van der Waals surface area contributed by atoms with E-state index in [2.05, 4.69) is 36.4 Å². The lowest BCUT2D eigenvalue weighted by atomic mass is 10.2. The highest BCUT2D eigenvalue weighted by molar-refractivity contribution is 5.75. The van der Waals surface area contributed by atoms with Gasteiger partial charge in [-0.25, -0.2) is 4.98 Å². The van der Waals surface area contributed by atoms with E-state index in [1.807, 2.05) is 17.7 Å². The Labute approximate surface area is 122 Å². The molecular formula is C15H28N4O. The fraction of sp³-hybridized carbons (Fsp3) is 0.733. The first-order valence-corrected chi connectivity index (χ1v) is 7.52. The van der Waals surface area contributed by atoms with Crippen molar-refractivity contribution >= 4 is 5.91 Å². The van der Waals surface area contributed by atoms with Gasteiger partial charge < -0.3 is 15.2 Å². The van der Waals surface area contributed by atoms with Gasteiger partial charge >= 0.3 is 0 Å². The summed E-state index contributed by atoms with van der Waals surface area (Å²) in [6, 6.07) is 0.239. The van der Waals surface area contributed by atoms with Crippen LogP contribution in [0.1, 0.15) is 46.2 Å². The van der Waals surface area contributed by atoms with Gasteiger partial charge in [-0.3, -0.25) is 4.79 Å². The maximum atomic E-state index is 11.8. The molecule has 0 bridgehead atoms. The monoisotopic (exact) mass is 280 g/mol. The van der Waals surface area contributed by atoms with E-state index in [-0.39, 0.29) is 11.9 Å². The van der Waals surface area contributed by atoms with Gasteiger partial charge in [0.2, 0.25) is 5.91 Å². The van der Waals surface area contributed by atoms with E-state index in [9.17, 15) is 4.79 Å². The quantitative estimate of drug-likeness (QED) is 0.726. The number of nitrogens with one attached hydrogen (secondary N) is 2. The highest BCUT2D eigenvalue weighted by Gasteiger charge is 2.08. The zero-order valence-corrected chi connectivity index (χ0v) is 13.1. The van der Waals surface area contributed by atoms with E-state index in [0.29, 0.717) is 12.5 Å². The molecule has 20 heavy (non-hydrogen) atoms. The molecule has 1 unspecified atom stereocenters. The molecule has 0 radical (unpaired) electrons. The van der Waals surface area contributed by atoms with Crippen molar-refractivity contribution in [2.45, 2.75) is 59.7 Å². The van der Waals surface area contributed by atoms with Gasteiger partial charge in [-0.05, 0) is 25.8 Å². The molecule has 114 valence electrons. The lowest BCUT2D eigenvalue weighted by Crippen LogP contribution is -2.34. The molecule has 0 spiro atoms. The van der Waals surface area contributed by atoms with Crippen molar-refractivity contribution in [3.63, 3.8) is 0 Å². The molecule has 1 aromatic heterocycles. The van der Waals surface area contributed by atoms with Gasteiger partial charge in [-0.2, -0.15) is 0 Å². The SMILES string of the molecule is CCCC(C)NC(=O)Cn1cnc(CNCC(C)C)c1. The van der Waals surface area contributed by atoms with Gasteiger partial charge in [0.1, 0.15) is 6.54 Å². The average molecular weight is 280 g/mol. The number of carbonyl (C=O) groups is 1. The molecule has 0 aliphatic carbocycles. The Bertz CT molecular complexity index is 400. The van der Waals surface area contributed by atoms with E-state index in [4.69, 9.17) is 0 Å². The van der Waals surface area contributed by atoms with Crippen LogP contribution in [0.5, 0.6) is 0 Å². The van der Waals surface area contributed by atoms with Crippen LogP contribution in [0.15, 0.2) is 12.5 Å². The van der Waals surface area contributed by atoms with E-state index >= 15 is 0 Å². The predicted octanol–water partition coefficient (Wildman–Crippen LogP) is 1.93. The molecule has 1 rings (SSSR count). The lowest BCUT2D eigenvalue weighted by molar-refractivity contribution is -0.122. The van der Waals surface area contributed by atoms with Gasteiger partial charge in [0, 0.05) is 18.8 Å². The second-order valence-corrected chi connectivity index (χ2v) is 5.82. The standard InChI is InChI=1S/C15H28N4O/c1-5-6-13(4)18-15(20)10-19-9-14(17-11-19)8-16-7-12(2)3/h9,11-13,16H,5-8,10H2,1-4H3,(H,18,20). The van der Waals surface area contributed by atoms with Crippen LogP contribution in [0, 0.1) is 5.92 Å². The van der Waals surface area contributed by atoms with E-state index < -0.39 is 0 Å². The van der Waals surface area contributed by atoms with E-state index in [0.717, 1.165) is 31.6 Å². The largest absolute Gasteiger partial charge is 0.352 e. The summed E-state index contributed by atoms with van der Waals surface area (Å²) in [4.78, 5) is 16.1. The molecule has 1 atom stereocenters. The van der Waals surface area contributed by atoms with Crippen LogP contribution in [-0.4, -0.2) is 28.0 Å². The second-order valence-electron chi connectivity index (χ2n) is 5.82. The molecule has 0 saturated heterocycles. The van der Waals surface area contributed by atoms with Gasteiger partial charge in [0.25, 0.3) is 0 Å². The summed E-state index contributed by atoms with van der Waals surface area (Å²) >= 11 is 0. The average Bonchev–Trinajstić information content (AvgIpc) is 2.76. The minimum atomic E-state index is 0.0463. The topological polar surface area (TPSA) is 59.0 Å². The summed E-state index contributed by atoms with van der Waals surface area (Å²) in [5, 5.41) is 6.33. The summed E-state index contributed by atoms with van der Waals surface area (Å²) in [6.45, 7) is 10.6. The van der Waals surface area contributed by atoms with Crippen molar-refractivity contribution in [3.05, 3.63) is 18.2 Å². The van der Waals surface area contributed by atoms with Gasteiger partial charge in [0.15, 0.2) is 0 Å². The molecule has 2 N–H and O–H groups in total. The number of imidazole rings is 1. The van der Waals surface area contributed by atoms with Crippen molar-refractivity contribution < 1.29 is 4.79 Å². The fourth-order valence-corrected chi connectivity index (χ4v) is 2.06. The Morgan fingerprint density at radius 3 is 2.80 bits per heavy atom. The van der Waals surface area contributed by atoms with Gasteiger partial charge in [-0.15, -0.1) is 0 Å². The zero-order valence-electron chi connectivity index (χ0n) is 13.1. The molecule has 0 aliphatic heterocycles. The Kier molecular flexibility index (Phi) is 7.30. The molecule has 0 aromatic carbocycles. The van der Waals surface area contributed by atoms with Crippen molar-refractivity contribution in [2.24, 2.45) is 5.92 Å². The summed E-state index contributed by atoms with van der Waals surface area (Å²) in [7, 11) is 0. The van der Waals surface area contributed by atoms with E-state index in [1.54, 1.807) is 6.33 Å². The van der Waals surface area contributed by atoms with Crippen LogP contribution in [0.25, 0.3) is 0 Å². The number of amides is 1. The Hall–Kier alpha value is -1.36. The first-order chi connectivity index (χ1) is 9.51. The smallest absolute Gasteiger partial charge is 0.240 e. The van der Waals surface area contributed by atoms with Crippen molar-refractivity contribution in [1.29, 1.82) is 0 Å². The van der Waals surface area contributed by atoms with Crippen LogP contribution < -0.4 is 10.6 Å². The zero-order chi connectivity index (χ0) is 15.0. The maximum absolute atomic E-state index is 11.8. The van der Waals surface area contributed by atoms with Crippen LogP contribution in [0.2, 0.25) is 0 Å². The third-order valence-electron chi connectivity index (χ3n) is 3.00. The summed E-state index contributed by atoms with van der Waals surface area (Å²) in [6.07, 6.45) is 5.74. The van der Waals surface area contributed by atoms with Gasteiger partial charge in [0.05, 0.1) is 12.0 Å². The fourth-order valence-electron chi connectivity index (χ4n) is 2.06. The van der Waals surface area contributed by atoms with Gasteiger partial charge in [-0.1, -0.05) is 27.2 Å². The number of rotatable bonds is 9. The lowest BCUT2D eigenvalue weighted by Gasteiger charge is -2.12. The minimum absolute atomic E-state index is 0.0463. The normalized spacial score (nSPS) is 12.7. The molecule has 5 heteroatoms. The first kappa shape index (κ1) is 16.7. The second kappa shape index (κ2) is 8.74. The highest BCUT2D eigenvalue weighted by Crippen LogP contribution is 1.99. The number of hydrogen-bond acceptors (Lipinski definition) is 3. The molecular weight excluding hydrogens is 252 g/mol. The van der Waals surface area contributed by atoms with Crippen LogP contribution >= 0.6 is 0 Å². The number of nitrogens with zero attached hydrogens (tertiary/aromatic N) is 2. The summed E-state index contributed by atoms with van der Waals surface area (Å²) < 4.78 is 1.83. The highest BCUT2D eigenvalue weighted by atomic mass is 16.2. The molecule has 5 nitrogen and oxygen atoms in total. The number of aromatic nitrogens is 2. The van der Waals surface area contributed by atoms with Crippen molar-refractivity contribution in [2.75, 3.05) is 6.54 Å².